The molecule has 1 atom stereocenters. The van der Waals surface area contributed by atoms with Crippen molar-refractivity contribution < 1.29 is 18.7 Å². The summed E-state index contributed by atoms with van der Waals surface area (Å²) in [5, 5.41) is 3.37. The predicted octanol–water partition coefficient (Wildman–Crippen LogP) is 5.54. The lowest BCUT2D eigenvalue weighted by molar-refractivity contribution is 0.0976. The number of hydrogen-bond donors (Lipinski definition) is 1. The van der Waals surface area contributed by atoms with E-state index in [2.05, 4.69) is 24.4 Å². The number of ketones is 1. The van der Waals surface area contributed by atoms with Crippen LogP contribution >= 0.6 is 0 Å². The fourth-order valence-corrected chi connectivity index (χ4v) is 3.36. The van der Waals surface area contributed by atoms with Crippen molar-refractivity contribution in [3.63, 3.8) is 0 Å². The van der Waals surface area contributed by atoms with Gasteiger partial charge in [0.2, 0.25) is 6.79 Å². The van der Waals surface area contributed by atoms with Crippen LogP contribution < -0.4 is 14.8 Å². The highest BCUT2D eigenvalue weighted by Gasteiger charge is 2.20. The van der Waals surface area contributed by atoms with Crippen molar-refractivity contribution in [2.75, 3.05) is 12.1 Å². The number of hydrogen-bond acceptors (Lipinski definition) is 4. The van der Waals surface area contributed by atoms with Gasteiger partial charge in [0.25, 0.3) is 0 Å². The first-order valence-electron chi connectivity index (χ1n) is 9.66. The number of benzene rings is 3. The Morgan fingerprint density at radius 1 is 1.00 bits per heavy atom. The summed E-state index contributed by atoms with van der Waals surface area (Å²) in [6, 6.07) is 19.3. The summed E-state index contributed by atoms with van der Waals surface area (Å²) in [5.41, 5.74) is 3.57. The van der Waals surface area contributed by atoms with E-state index < -0.39 is 0 Å². The van der Waals surface area contributed by atoms with Gasteiger partial charge in [0.1, 0.15) is 5.82 Å². The zero-order chi connectivity index (χ0) is 20.2. The molecule has 29 heavy (non-hydrogen) atoms. The van der Waals surface area contributed by atoms with E-state index in [4.69, 9.17) is 9.47 Å². The zero-order valence-corrected chi connectivity index (χ0v) is 16.2. The molecule has 3 aromatic carbocycles. The Bertz CT molecular complexity index is 1000. The van der Waals surface area contributed by atoms with E-state index in [1.807, 2.05) is 12.1 Å². The van der Waals surface area contributed by atoms with Crippen LogP contribution in [0.4, 0.5) is 10.1 Å². The minimum atomic E-state index is -0.296. The van der Waals surface area contributed by atoms with Gasteiger partial charge in [-0.05, 0) is 60.0 Å². The largest absolute Gasteiger partial charge is 0.454 e. The highest BCUT2D eigenvalue weighted by Crippen LogP contribution is 2.33. The first kappa shape index (κ1) is 19.0. The summed E-state index contributed by atoms with van der Waals surface area (Å²) < 4.78 is 24.0. The van der Waals surface area contributed by atoms with Crippen molar-refractivity contribution in [3.8, 4) is 11.5 Å². The standard InChI is InChI=1S/C24H22FNO3/c1-2-16-3-5-17(6-4-16)21(26-20-10-8-19(25)9-11-20)14-22(27)18-7-12-23-24(13-18)29-15-28-23/h3-13,21,26H,2,14-15H2,1H3/t21-/m1/s1. The predicted molar refractivity (Wildman–Crippen MR) is 110 cm³/mol. The Labute approximate surface area is 169 Å². The number of halogens is 1. The van der Waals surface area contributed by atoms with Crippen LogP contribution in [0.3, 0.4) is 0 Å². The number of nitrogens with one attached hydrogen (secondary N) is 1. The third kappa shape index (κ3) is 4.40. The van der Waals surface area contributed by atoms with Crippen LogP contribution in [0.1, 0.15) is 40.9 Å². The van der Waals surface area contributed by atoms with Gasteiger partial charge in [0, 0.05) is 17.7 Å². The molecular weight excluding hydrogens is 369 g/mol. The van der Waals surface area contributed by atoms with Crippen molar-refractivity contribution >= 4 is 11.5 Å². The molecule has 148 valence electrons. The Morgan fingerprint density at radius 3 is 2.45 bits per heavy atom. The summed E-state index contributed by atoms with van der Waals surface area (Å²) in [5.74, 6) is 0.933. The number of aryl methyl sites for hydroxylation is 1. The molecule has 0 bridgehead atoms. The van der Waals surface area contributed by atoms with E-state index in [1.54, 1.807) is 30.3 Å². The second-order valence-electron chi connectivity index (χ2n) is 6.99. The summed E-state index contributed by atoms with van der Waals surface area (Å²) >= 11 is 0. The summed E-state index contributed by atoms with van der Waals surface area (Å²) in [6.45, 7) is 2.28. The quantitative estimate of drug-likeness (QED) is 0.537. The SMILES string of the molecule is CCc1ccc([C@@H](CC(=O)c2ccc3c(c2)OCO3)Nc2ccc(F)cc2)cc1. The molecule has 1 aliphatic heterocycles. The van der Waals surface area contributed by atoms with Crippen molar-refractivity contribution in [2.45, 2.75) is 25.8 Å². The second-order valence-corrected chi connectivity index (χ2v) is 6.99. The molecule has 0 saturated carbocycles. The van der Waals surface area contributed by atoms with Crippen LogP contribution in [-0.4, -0.2) is 12.6 Å². The van der Waals surface area contributed by atoms with Gasteiger partial charge in [0.15, 0.2) is 17.3 Å². The average Bonchev–Trinajstić information content (AvgIpc) is 3.23. The minimum Gasteiger partial charge on any atom is -0.454 e. The van der Waals surface area contributed by atoms with Crippen molar-refractivity contribution in [1.29, 1.82) is 0 Å². The van der Waals surface area contributed by atoms with Gasteiger partial charge in [-0.1, -0.05) is 31.2 Å². The maximum Gasteiger partial charge on any atom is 0.231 e. The molecule has 4 rings (SSSR count). The normalized spacial score (nSPS) is 13.2. The molecule has 0 saturated heterocycles. The molecule has 0 fully saturated rings. The molecule has 3 aromatic rings. The lowest BCUT2D eigenvalue weighted by Crippen LogP contribution is -2.16. The average molecular weight is 391 g/mol. The third-order valence-corrected chi connectivity index (χ3v) is 5.06. The number of rotatable bonds is 7. The van der Waals surface area contributed by atoms with Gasteiger partial charge in [-0.3, -0.25) is 4.79 Å². The van der Waals surface area contributed by atoms with E-state index in [0.29, 0.717) is 17.1 Å². The first-order chi connectivity index (χ1) is 14.1. The lowest BCUT2D eigenvalue weighted by atomic mass is 9.96. The third-order valence-electron chi connectivity index (χ3n) is 5.06. The molecule has 0 spiro atoms. The number of anilines is 1. The molecule has 0 aromatic heterocycles. The van der Waals surface area contributed by atoms with Crippen LogP contribution in [-0.2, 0) is 6.42 Å². The molecule has 4 nitrogen and oxygen atoms in total. The van der Waals surface area contributed by atoms with Gasteiger partial charge in [-0.15, -0.1) is 0 Å². The Kier molecular flexibility index (Phi) is 5.47. The van der Waals surface area contributed by atoms with Gasteiger partial charge < -0.3 is 14.8 Å². The van der Waals surface area contributed by atoms with Crippen LogP contribution in [0.5, 0.6) is 11.5 Å². The van der Waals surface area contributed by atoms with Crippen LogP contribution in [0.25, 0.3) is 0 Å². The summed E-state index contributed by atoms with van der Waals surface area (Å²) in [6.07, 6.45) is 1.20. The molecular formula is C24H22FNO3. The van der Waals surface area contributed by atoms with Crippen molar-refractivity contribution in [1.82, 2.24) is 0 Å². The molecule has 1 aliphatic rings. The van der Waals surface area contributed by atoms with Crippen LogP contribution in [0, 0.1) is 5.82 Å². The maximum atomic E-state index is 13.3. The van der Waals surface area contributed by atoms with Gasteiger partial charge in [-0.25, -0.2) is 4.39 Å². The summed E-state index contributed by atoms with van der Waals surface area (Å²) in [4.78, 5) is 13.0. The number of Topliss-reactive ketones (excluding diaryl/α,β-unsaturated/α-hetero) is 1. The summed E-state index contributed by atoms with van der Waals surface area (Å²) in [7, 11) is 0. The topological polar surface area (TPSA) is 47.6 Å². The van der Waals surface area contributed by atoms with Gasteiger partial charge in [-0.2, -0.15) is 0 Å². The Morgan fingerprint density at radius 2 is 1.72 bits per heavy atom. The number of ether oxygens (including phenoxy) is 2. The fraction of sp³-hybridized carbons (Fsp3) is 0.208. The number of fused-ring (bicyclic) bond motifs is 1. The smallest absolute Gasteiger partial charge is 0.231 e. The van der Waals surface area contributed by atoms with E-state index in [9.17, 15) is 9.18 Å². The Balaban J connectivity index is 1.58. The van der Waals surface area contributed by atoms with Gasteiger partial charge in [0.05, 0.1) is 6.04 Å². The highest BCUT2D eigenvalue weighted by molar-refractivity contribution is 5.97. The molecule has 0 unspecified atom stereocenters. The molecule has 1 N–H and O–H groups in total. The molecule has 5 heteroatoms. The van der Waals surface area contributed by atoms with Crippen molar-refractivity contribution in [3.05, 3.63) is 89.2 Å². The van der Waals surface area contributed by atoms with Crippen LogP contribution in [0.2, 0.25) is 0 Å². The molecule has 0 amide bonds. The monoisotopic (exact) mass is 391 g/mol. The van der Waals surface area contributed by atoms with E-state index in [1.165, 1.54) is 17.7 Å². The Hall–Kier alpha value is -3.34. The molecule has 1 heterocycles. The van der Waals surface area contributed by atoms with Gasteiger partial charge >= 0.3 is 0 Å². The fourth-order valence-electron chi connectivity index (χ4n) is 3.36. The number of carbonyl (C=O) groups excluding carboxylic acids is 1. The zero-order valence-electron chi connectivity index (χ0n) is 16.2. The lowest BCUT2D eigenvalue weighted by Gasteiger charge is -2.20. The second kappa shape index (κ2) is 8.35. The number of carbonyl (C=O) groups is 1. The molecule has 0 radical (unpaired) electrons. The maximum absolute atomic E-state index is 13.3. The highest BCUT2D eigenvalue weighted by atomic mass is 19.1. The van der Waals surface area contributed by atoms with E-state index >= 15 is 0 Å². The first-order valence-corrected chi connectivity index (χ1v) is 9.66. The minimum absolute atomic E-state index is 0.0116. The van der Waals surface area contributed by atoms with Crippen molar-refractivity contribution in [2.24, 2.45) is 0 Å². The van der Waals surface area contributed by atoms with E-state index in [0.717, 1.165) is 17.7 Å². The molecule has 0 aliphatic carbocycles. The van der Waals surface area contributed by atoms with Crippen LogP contribution in [0.15, 0.2) is 66.7 Å². The van der Waals surface area contributed by atoms with E-state index in [-0.39, 0.29) is 30.9 Å².